The van der Waals surface area contributed by atoms with Crippen LogP contribution in [0.4, 0.5) is 0 Å². The predicted molar refractivity (Wildman–Crippen MR) is 147 cm³/mol. The Kier molecular flexibility index (Phi) is 3.59. The topological polar surface area (TPSA) is 0 Å². The molecule has 0 atom stereocenters. The smallest absolute Gasteiger partial charge is 0.0138 e. The summed E-state index contributed by atoms with van der Waals surface area (Å²) >= 11 is 0. The summed E-state index contributed by atoms with van der Waals surface area (Å²) in [5, 5.41) is 10.6. The Bertz CT molecular complexity index is 1750. The van der Waals surface area contributed by atoms with Gasteiger partial charge >= 0.3 is 0 Å². The van der Waals surface area contributed by atoms with Crippen molar-refractivity contribution in [2.75, 3.05) is 0 Å². The molecule has 0 nitrogen and oxygen atoms in total. The summed E-state index contributed by atoms with van der Waals surface area (Å²) in [6.07, 6.45) is 13.5. The Morgan fingerprint density at radius 3 is 1.38 bits per heavy atom. The van der Waals surface area contributed by atoms with Crippen LogP contribution in [0.15, 0.2) is 97.1 Å². The Hall–Kier alpha value is -4.16. The molecule has 6 aromatic carbocycles. The molecule has 6 aromatic rings. The molecule has 0 heterocycles. The summed E-state index contributed by atoms with van der Waals surface area (Å²) in [5.74, 6) is 0. The second-order valence-electron chi connectivity index (χ2n) is 9.32. The van der Waals surface area contributed by atoms with Gasteiger partial charge < -0.3 is 0 Å². The molecule has 0 saturated heterocycles. The average molecular weight is 429 g/mol. The minimum atomic E-state index is 1.30. The molecule has 0 unspecified atom stereocenters. The molecule has 2 radical (unpaired) electrons. The lowest BCUT2D eigenvalue weighted by molar-refractivity contribution is 1.49. The molecule has 0 fully saturated rings. The number of hydrogen-bond acceptors (Lipinski definition) is 0. The summed E-state index contributed by atoms with van der Waals surface area (Å²) in [5.41, 5.74) is 7.85. The molecule has 0 aromatic heterocycles. The first-order chi connectivity index (χ1) is 16.9. The summed E-state index contributed by atoms with van der Waals surface area (Å²) < 4.78 is 0. The summed E-state index contributed by atoms with van der Waals surface area (Å²) in [6.45, 7) is 0. The lowest BCUT2D eigenvalue weighted by Crippen LogP contribution is -2.00. The molecule has 34 heavy (non-hydrogen) atoms. The lowest BCUT2D eigenvalue weighted by Gasteiger charge is -2.23. The standard InChI is InChI=1S/C34H20/c1-3-11-25-21(7-1)19-23-9-5-13-29-27(15-17-31(25)33(23)29)28-16-18-32-26-12-4-2-8-22(26)20-24-10-6-14-30(28)34(24)32/h1-20H. The van der Waals surface area contributed by atoms with Gasteiger partial charge in [0.2, 0.25) is 0 Å². The zero-order chi connectivity index (χ0) is 22.2. The van der Waals surface area contributed by atoms with Crippen molar-refractivity contribution in [1.29, 1.82) is 0 Å². The Labute approximate surface area is 198 Å². The van der Waals surface area contributed by atoms with Crippen LogP contribution < -0.4 is 0 Å². The van der Waals surface area contributed by atoms with Crippen LogP contribution in [0.2, 0.25) is 0 Å². The molecule has 2 aliphatic rings. The van der Waals surface area contributed by atoms with Crippen molar-refractivity contribution in [3.8, 4) is 11.1 Å². The van der Waals surface area contributed by atoms with Crippen molar-refractivity contribution in [3.63, 3.8) is 0 Å². The van der Waals surface area contributed by atoms with Gasteiger partial charge in [0.05, 0.1) is 0 Å². The van der Waals surface area contributed by atoms with Crippen LogP contribution in [0, 0.1) is 12.8 Å². The average Bonchev–Trinajstić information content (AvgIpc) is 2.89. The number of allylic oxidation sites excluding steroid dienone is 2. The van der Waals surface area contributed by atoms with E-state index < -0.39 is 0 Å². The van der Waals surface area contributed by atoms with E-state index in [4.69, 9.17) is 0 Å². The first-order valence-corrected chi connectivity index (χ1v) is 11.9. The van der Waals surface area contributed by atoms with E-state index in [2.05, 4.69) is 122 Å². The van der Waals surface area contributed by atoms with Gasteiger partial charge in [0.15, 0.2) is 0 Å². The van der Waals surface area contributed by atoms with Gasteiger partial charge in [-0.3, -0.25) is 0 Å². The van der Waals surface area contributed by atoms with Crippen molar-refractivity contribution in [2.24, 2.45) is 0 Å². The van der Waals surface area contributed by atoms with Gasteiger partial charge in [-0.15, -0.1) is 0 Å². The molecule has 0 saturated carbocycles. The normalized spacial score (nSPS) is 14.0. The third-order valence-electron chi connectivity index (χ3n) is 7.56. The molecule has 156 valence electrons. The summed E-state index contributed by atoms with van der Waals surface area (Å²) in [4.78, 5) is 0. The molecular weight excluding hydrogens is 408 g/mol. The Morgan fingerprint density at radius 2 is 0.882 bits per heavy atom. The van der Waals surface area contributed by atoms with E-state index in [1.807, 2.05) is 0 Å². The van der Waals surface area contributed by atoms with Crippen LogP contribution in [0.1, 0.15) is 22.3 Å². The molecule has 0 heteroatoms. The zero-order valence-corrected chi connectivity index (χ0v) is 18.5. The Balaban J connectivity index is 1.48. The molecule has 0 amide bonds. The third-order valence-corrected chi connectivity index (χ3v) is 7.56. The quantitative estimate of drug-likeness (QED) is 0.229. The number of benzene rings is 6. The predicted octanol–water partition coefficient (Wildman–Crippen LogP) is 9.12. The fraction of sp³-hybridized carbons (Fsp3) is 0. The largest absolute Gasteiger partial charge is 0.0754 e. The fourth-order valence-corrected chi connectivity index (χ4v) is 6.10. The van der Waals surface area contributed by atoms with Gasteiger partial charge in [-0.1, -0.05) is 97.1 Å². The van der Waals surface area contributed by atoms with Gasteiger partial charge in [-0.05, 0) is 88.6 Å². The molecule has 2 aliphatic carbocycles. The Morgan fingerprint density at radius 1 is 0.412 bits per heavy atom. The monoisotopic (exact) mass is 428 g/mol. The highest BCUT2D eigenvalue weighted by atomic mass is 14.2. The maximum atomic E-state index is 2.33. The molecule has 0 bridgehead atoms. The summed E-state index contributed by atoms with van der Waals surface area (Å²) in [7, 11) is 0. The van der Waals surface area contributed by atoms with E-state index >= 15 is 0 Å². The van der Waals surface area contributed by atoms with Crippen molar-refractivity contribution in [1.82, 2.24) is 0 Å². The van der Waals surface area contributed by atoms with Gasteiger partial charge in [0.25, 0.3) is 0 Å². The lowest BCUT2D eigenvalue weighted by atomic mass is 9.81. The van der Waals surface area contributed by atoms with E-state index in [9.17, 15) is 0 Å². The van der Waals surface area contributed by atoms with Crippen LogP contribution >= 0.6 is 0 Å². The minimum Gasteiger partial charge on any atom is -0.0754 e. The van der Waals surface area contributed by atoms with E-state index in [0.717, 1.165) is 0 Å². The van der Waals surface area contributed by atoms with Gasteiger partial charge in [0.1, 0.15) is 0 Å². The number of fused-ring (bicyclic) bond motifs is 4. The fourth-order valence-electron chi connectivity index (χ4n) is 6.10. The van der Waals surface area contributed by atoms with Crippen LogP contribution in [0.3, 0.4) is 0 Å². The first kappa shape index (κ1) is 18.3. The second-order valence-corrected chi connectivity index (χ2v) is 9.32. The van der Waals surface area contributed by atoms with E-state index in [1.54, 1.807) is 0 Å². The number of hydrogen-bond donors (Lipinski definition) is 0. The minimum absolute atomic E-state index is 1.30. The second kappa shape index (κ2) is 6.68. The van der Waals surface area contributed by atoms with E-state index in [1.165, 1.54) is 76.5 Å². The van der Waals surface area contributed by atoms with Gasteiger partial charge in [-0.25, -0.2) is 0 Å². The SMILES string of the molecule is [CH]1C=Cc2cc3ccccc3c3ccc(-c4ccc5c6c(cc7ccccc75)C=C[CH]c46)c1c23. The van der Waals surface area contributed by atoms with Crippen molar-refractivity contribution in [3.05, 3.63) is 132 Å². The highest BCUT2D eigenvalue weighted by Gasteiger charge is 2.21. The highest BCUT2D eigenvalue weighted by molar-refractivity contribution is 6.17. The molecule has 0 spiro atoms. The van der Waals surface area contributed by atoms with Crippen molar-refractivity contribution >= 4 is 55.2 Å². The van der Waals surface area contributed by atoms with Crippen molar-refractivity contribution < 1.29 is 0 Å². The highest BCUT2D eigenvalue weighted by Crippen LogP contribution is 2.44. The van der Waals surface area contributed by atoms with Gasteiger partial charge in [-0.2, -0.15) is 0 Å². The maximum absolute atomic E-state index is 2.33. The van der Waals surface area contributed by atoms with E-state index in [-0.39, 0.29) is 0 Å². The van der Waals surface area contributed by atoms with Crippen LogP contribution in [-0.2, 0) is 0 Å². The molecule has 0 aliphatic heterocycles. The summed E-state index contributed by atoms with van der Waals surface area (Å²) in [6, 6.07) is 31.4. The zero-order valence-electron chi connectivity index (χ0n) is 18.5. The van der Waals surface area contributed by atoms with Crippen molar-refractivity contribution in [2.45, 2.75) is 0 Å². The van der Waals surface area contributed by atoms with Gasteiger partial charge in [0, 0.05) is 12.8 Å². The van der Waals surface area contributed by atoms with Crippen LogP contribution in [0.5, 0.6) is 0 Å². The maximum Gasteiger partial charge on any atom is 0.0138 e. The first-order valence-electron chi connectivity index (χ1n) is 11.9. The van der Waals surface area contributed by atoms with Crippen LogP contribution in [0.25, 0.3) is 66.4 Å². The molecular formula is C34H20. The van der Waals surface area contributed by atoms with Crippen LogP contribution in [-0.4, -0.2) is 0 Å². The van der Waals surface area contributed by atoms with E-state index in [0.29, 0.717) is 0 Å². The number of rotatable bonds is 1. The molecule has 8 rings (SSSR count). The molecule has 0 N–H and O–H groups in total. The third kappa shape index (κ3) is 2.38.